The van der Waals surface area contributed by atoms with Crippen LogP contribution in [0.5, 0.6) is 0 Å². The lowest BCUT2D eigenvalue weighted by Crippen LogP contribution is -2.37. The molecule has 0 radical (unpaired) electrons. The number of nitrogens with one attached hydrogen (secondary N) is 1. The minimum atomic E-state index is -3.35. The second kappa shape index (κ2) is 6.85. The summed E-state index contributed by atoms with van der Waals surface area (Å²) >= 11 is 4.87. The van der Waals surface area contributed by atoms with Crippen molar-refractivity contribution in [1.29, 1.82) is 0 Å². The first-order valence-corrected chi connectivity index (χ1v) is 8.95. The minimum Gasteiger partial charge on any atom is -0.389 e. The Morgan fingerprint density at radius 2 is 1.81 bits per heavy atom. The van der Waals surface area contributed by atoms with E-state index in [0.29, 0.717) is 23.0 Å². The summed E-state index contributed by atoms with van der Waals surface area (Å²) in [4.78, 5) is 0.307. The van der Waals surface area contributed by atoms with Gasteiger partial charge in [0, 0.05) is 12.1 Å². The minimum absolute atomic E-state index is 0.0429. The fraction of sp³-hybridized carbons (Fsp3) is 0.533. The highest BCUT2D eigenvalue weighted by Gasteiger charge is 2.24. The van der Waals surface area contributed by atoms with Crippen molar-refractivity contribution < 1.29 is 8.42 Å². The van der Waals surface area contributed by atoms with E-state index >= 15 is 0 Å². The first kappa shape index (κ1) is 18.1. The summed E-state index contributed by atoms with van der Waals surface area (Å²) in [6, 6.07) is 6.96. The molecule has 0 bridgehead atoms. The van der Waals surface area contributed by atoms with E-state index in [1.165, 1.54) is 0 Å². The molecule has 118 valence electrons. The van der Waals surface area contributed by atoms with E-state index in [-0.39, 0.29) is 11.2 Å². The number of hydrogen-bond donors (Lipinski definition) is 2. The van der Waals surface area contributed by atoms with Crippen molar-refractivity contribution in [3.8, 4) is 0 Å². The maximum Gasteiger partial charge on any atom is 0.215 e. The molecule has 0 saturated heterocycles. The van der Waals surface area contributed by atoms with Crippen LogP contribution in [0.4, 0.5) is 0 Å². The topological polar surface area (TPSA) is 72.2 Å². The van der Waals surface area contributed by atoms with Crippen LogP contribution < -0.4 is 10.5 Å². The van der Waals surface area contributed by atoms with E-state index in [1.807, 2.05) is 0 Å². The number of benzene rings is 1. The van der Waals surface area contributed by atoms with Crippen LogP contribution >= 0.6 is 12.2 Å². The highest BCUT2D eigenvalue weighted by molar-refractivity contribution is 7.88. The summed E-state index contributed by atoms with van der Waals surface area (Å²) in [6.45, 7) is 8.71. The Hall–Kier alpha value is -0.980. The normalized spacial score (nSPS) is 12.6. The Morgan fingerprint density at radius 3 is 2.24 bits per heavy atom. The maximum atomic E-state index is 12.1. The molecule has 3 N–H and O–H groups in total. The number of rotatable bonds is 7. The van der Waals surface area contributed by atoms with Crippen molar-refractivity contribution in [3.05, 3.63) is 35.4 Å². The second-order valence-corrected chi connectivity index (χ2v) is 8.53. The van der Waals surface area contributed by atoms with Gasteiger partial charge in [-0.05, 0) is 16.9 Å². The predicted molar refractivity (Wildman–Crippen MR) is 91.6 cm³/mol. The van der Waals surface area contributed by atoms with Gasteiger partial charge in [0.05, 0.1) is 5.75 Å². The van der Waals surface area contributed by atoms with Crippen LogP contribution in [0.3, 0.4) is 0 Å². The SMILES string of the molecule is CC(C)C(C)(C)CNS(=O)(=O)Cc1ccc(C(N)=S)cc1. The summed E-state index contributed by atoms with van der Waals surface area (Å²) in [5.41, 5.74) is 6.88. The Morgan fingerprint density at radius 1 is 1.29 bits per heavy atom. The van der Waals surface area contributed by atoms with Crippen LogP contribution in [0.1, 0.15) is 38.8 Å². The maximum absolute atomic E-state index is 12.1. The molecule has 6 heteroatoms. The third kappa shape index (κ3) is 5.73. The van der Waals surface area contributed by atoms with Gasteiger partial charge in [0.15, 0.2) is 0 Å². The number of hydrogen-bond acceptors (Lipinski definition) is 3. The van der Waals surface area contributed by atoms with Crippen molar-refractivity contribution in [1.82, 2.24) is 4.72 Å². The molecule has 0 spiro atoms. The third-order valence-electron chi connectivity index (χ3n) is 3.91. The van der Waals surface area contributed by atoms with E-state index in [9.17, 15) is 8.42 Å². The highest BCUT2D eigenvalue weighted by atomic mass is 32.2. The molecule has 0 aliphatic rings. The summed E-state index contributed by atoms with van der Waals surface area (Å²) < 4.78 is 26.9. The number of nitrogens with two attached hydrogens (primary N) is 1. The summed E-state index contributed by atoms with van der Waals surface area (Å²) in [5.74, 6) is 0.351. The number of sulfonamides is 1. The zero-order chi connectivity index (χ0) is 16.3. The van der Waals surface area contributed by atoms with Gasteiger partial charge >= 0.3 is 0 Å². The second-order valence-electron chi connectivity index (χ2n) is 6.28. The monoisotopic (exact) mass is 328 g/mol. The molecule has 0 unspecified atom stereocenters. The lowest BCUT2D eigenvalue weighted by molar-refractivity contribution is 0.252. The van der Waals surface area contributed by atoms with Gasteiger partial charge in [0.25, 0.3) is 0 Å². The lowest BCUT2D eigenvalue weighted by atomic mass is 9.81. The zero-order valence-corrected chi connectivity index (χ0v) is 14.6. The van der Waals surface area contributed by atoms with Crippen molar-refractivity contribution in [2.75, 3.05) is 6.54 Å². The van der Waals surface area contributed by atoms with E-state index in [2.05, 4.69) is 32.4 Å². The molecule has 0 heterocycles. The molecule has 0 aliphatic heterocycles. The van der Waals surface area contributed by atoms with Gasteiger partial charge in [-0.15, -0.1) is 0 Å². The molecule has 1 rings (SSSR count). The van der Waals surface area contributed by atoms with Gasteiger partial charge in [0.1, 0.15) is 4.99 Å². The standard InChI is InChI=1S/C15H24N2O2S2/c1-11(2)15(3,4)10-17-21(18,19)9-12-5-7-13(8-6-12)14(16)20/h5-8,11,17H,9-10H2,1-4H3,(H2,16,20). The smallest absolute Gasteiger partial charge is 0.215 e. The van der Waals surface area contributed by atoms with Gasteiger partial charge < -0.3 is 5.73 Å². The van der Waals surface area contributed by atoms with Crippen LogP contribution in [0, 0.1) is 11.3 Å². The molecular weight excluding hydrogens is 304 g/mol. The first-order valence-electron chi connectivity index (χ1n) is 6.89. The van der Waals surface area contributed by atoms with Crippen molar-refractivity contribution in [3.63, 3.8) is 0 Å². The van der Waals surface area contributed by atoms with Crippen LogP contribution in [-0.4, -0.2) is 20.0 Å². The van der Waals surface area contributed by atoms with Crippen molar-refractivity contribution in [2.24, 2.45) is 17.1 Å². The molecule has 1 aromatic rings. The van der Waals surface area contributed by atoms with Crippen LogP contribution in [-0.2, 0) is 15.8 Å². The van der Waals surface area contributed by atoms with E-state index in [4.69, 9.17) is 18.0 Å². The van der Waals surface area contributed by atoms with Crippen molar-refractivity contribution in [2.45, 2.75) is 33.4 Å². The summed E-state index contributed by atoms with van der Waals surface area (Å²) in [6.07, 6.45) is 0. The molecule has 0 aliphatic carbocycles. The molecule has 4 nitrogen and oxygen atoms in total. The van der Waals surface area contributed by atoms with E-state index < -0.39 is 10.0 Å². The van der Waals surface area contributed by atoms with Crippen LogP contribution in [0.25, 0.3) is 0 Å². The molecule has 0 aromatic heterocycles. The van der Waals surface area contributed by atoms with Gasteiger partial charge in [0.2, 0.25) is 10.0 Å². The molecular formula is C15H24N2O2S2. The number of thiocarbonyl (C=S) groups is 1. The van der Waals surface area contributed by atoms with Gasteiger partial charge in [-0.25, -0.2) is 13.1 Å². The molecule has 0 fully saturated rings. The molecule has 1 aromatic carbocycles. The van der Waals surface area contributed by atoms with E-state index in [1.54, 1.807) is 24.3 Å². The molecule has 0 amide bonds. The zero-order valence-electron chi connectivity index (χ0n) is 13.0. The quantitative estimate of drug-likeness (QED) is 0.754. The highest BCUT2D eigenvalue weighted by Crippen LogP contribution is 2.25. The van der Waals surface area contributed by atoms with Crippen LogP contribution in [0.2, 0.25) is 0 Å². The average molecular weight is 329 g/mol. The van der Waals surface area contributed by atoms with E-state index in [0.717, 1.165) is 5.56 Å². The van der Waals surface area contributed by atoms with Crippen LogP contribution in [0.15, 0.2) is 24.3 Å². The third-order valence-corrected chi connectivity index (χ3v) is 5.44. The van der Waals surface area contributed by atoms with Crippen molar-refractivity contribution >= 4 is 27.2 Å². The molecule has 0 saturated carbocycles. The van der Waals surface area contributed by atoms with Gasteiger partial charge in [-0.3, -0.25) is 0 Å². The fourth-order valence-electron chi connectivity index (χ4n) is 1.54. The summed E-state index contributed by atoms with van der Waals surface area (Å²) in [7, 11) is -3.35. The Kier molecular flexibility index (Phi) is 5.90. The fourth-order valence-corrected chi connectivity index (χ4v) is 3.00. The van der Waals surface area contributed by atoms with Gasteiger partial charge in [-0.2, -0.15) is 0 Å². The average Bonchev–Trinajstić information content (AvgIpc) is 2.37. The first-order chi connectivity index (χ1) is 9.53. The summed E-state index contributed by atoms with van der Waals surface area (Å²) in [5, 5.41) is 0. The predicted octanol–water partition coefficient (Wildman–Crippen LogP) is 2.42. The lowest BCUT2D eigenvalue weighted by Gasteiger charge is -2.29. The largest absolute Gasteiger partial charge is 0.389 e. The Bertz CT molecular complexity index is 591. The molecule has 0 atom stereocenters. The Balaban J connectivity index is 2.70. The van der Waals surface area contributed by atoms with Gasteiger partial charge in [-0.1, -0.05) is 64.2 Å². The Labute approximate surface area is 133 Å². The molecule has 21 heavy (non-hydrogen) atoms.